The van der Waals surface area contributed by atoms with Gasteiger partial charge in [0, 0.05) is 56.7 Å². The van der Waals surface area contributed by atoms with Gasteiger partial charge in [0.15, 0.2) is 0 Å². The van der Waals surface area contributed by atoms with Gasteiger partial charge in [0.1, 0.15) is 5.82 Å². The van der Waals surface area contributed by atoms with Crippen LogP contribution in [0, 0.1) is 6.92 Å². The van der Waals surface area contributed by atoms with Crippen LogP contribution in [0.2, 0.25) is 0 Å². The quantitative estimate of drug-likeness (QED) is 0.319. The third kappa shape index (κ3) is 6.56. The Bertz CT molecular complexity index is 1310. The van der Waals surface area contributed by atoms with E-state index in [0.717, 1.165) is 31.4 Å². The number of rotatable bonds is 9. The molecule has 11 heteroatoms. The van der Waals surface area contributed by atoms with E-state index in [-0.39, 0.29) is 28.7 Å². The van der Waals surface area contributed by atoms with Gasteiger partial charge in [-0.1, -0.05) is 12.1 Å². The second kappa shape index (κ2) is 10.9. The number of carbonyl (C=O) groups is 2. The molecule has 0 bridgehead atoms. The van der Waals surface area contributed by atoms with Gasteiger partial charge in [0.25, 0.3) is 11.8 Å². The first-order valence-electron chi connectivity index (χ1n) is 11.7. The van der Waals surface area contributed by atoms with Crippen LogP contribution in [0.25, 0.3) is 0 Å². The molecular weight excluding hydrogens is 485 g/mol. The number of alkyl halides is 3. The Morgan fingerprint density at radius 1 is 0.973 bits per heavy atom. The molecule has 8 nitrogen and oxygen atoms in total. The standard InChI is InChI=1S/C26H27F3N6O2/c1-16-13-17(24(36)31-9-10-35-11-12-35)7-8-20(16)34-23-14-22(19(15-32-23)26(27,28)29)33-21-6-4-3-5-18(21)25(37)30-2/h3-8,13-15H,9-12H2,1-2H3,(H,30,37)(H,31,36)(H2,32,33,34). The molecule has 4 N–H and O–H groups in total. The van der Waals surface area contributed by atoms with Gasteiger partial charge in [0.2, 0.25) is 0 Å². The number of aryl methyl sites for hydroxylation is 1. The van der Waals surface area contributed by atoms with Crippen molar-refractivity contribution in [2.24, 2.45) is 0 Å². The number of hydrogen-bond acceptors (Lipinski definition) is 6. The van der Waals surface area contributed by atoms with E-state index >= 15 is 0 Å². The third-order valence-electron chi connectivity index (χ3n) is 5.88. The number of halogens is 3. The van der Waals surface area contributed by atoms with Crippen LogP contribution in [0.5, 0.6) is 0 Å². The van der Waals surface area contributed by atoms with Gasteiger partial charge in [-0.05, 0) is 42.8 Å². The number of anilines is 4. The topological polar surface area (TPSA) is 98.2 Å². The number of nitrogens with zero attached hydrogens (tertiary/aromatic N) is 2. The minimum Gasteiger partial charge on any atom is -0.355 e. The lowest BCUT2D eigenvalue weighted by atomic mass is 10.1. The van der Waals surface area contributed by atoms with Gasteiger partial charge in [0.05, 0.1) is 22.5 Å². The summed E-state index contributed by atoms with van der Waals surface area (Å²) in [6, 6.07) is 12.5. The van der Waals surface area contributed by atoms with Crippen molar-refractivity contribution in [3.05, 3.63) is 77.0 Å². The predicted molar refractivity (Wildman–Crippen MR) is 136 cm³/mol. The van der Waals surface area contributed by atoms with Crippen LogP contribution in [0.15, 0.2) is 54.7 Å². The molecule has 0 radical (unpaired) electrons. The number of amides is 2. The first kappa shape index (κ1) is 26.0. The van der Waals surface area contributed by atoms with Crippen LogP contribution in [-0.4, -0.2) is 54.9 Å². The number of aromatic nitrogens is 1. The van der Waals surface area contributed by atoms with E-state index in [4.69, 9.17) is 0 Å². The number of benzene rings is 2. The smallest absolute Gasteiger partial charge is 0.355 e. The SMILES string of the molecule is CNC(=O)c1ccccc1Nc1cc(Nc2ccc(C(=O)NCCN3CC3)cc2C)ncc1C(F)(F)F. The molecule has 1 aliphatic heterocycles. The Labute approximate surface area is 212 Å². The average Bonchev–Trinajstić information content (AvgIpc) is 3.69. The molecule has 2 heterocycles. The second-order valence-corrected chi connectivity index (χ2v) is 8.61. The first-order chi connectivity index (χ1) is 17.7. The summed E-state index contributed by atoms with van der Waals surface area (Å²) in [5, 5.41) is 11.1. The Balaban J connectivity index is 1.56. The maximum absolute atomic E-state index is 13.7. The minimum atomic E-state index is -4.67. The van der Waals surface area contributed by atoms with Gasteiger partial charge >= 0.3 is 6.18 Å². The van der Waals surface area contributed by atoms with Crippen molar-refractivity contribution in [2.45, 2.75) is 13.1 Å². The Kier molecular flexibility index (Phi) is 7.63. The van der Waals surface area contributed by atoms with Crippen LogP contribution >= 0.6 is 0 Å². The molecule has 0 aliphatic carbocycles. The van der Waals surface area contributed by atoms with Gasteiger partial charge in [-0.15, -0.1) is 0 Å². The highest BCUT2D eigenvalue weighted by Crippen LogP contribution is 2.37. The Morgan fingerprint density at radius 2 is 1.73 bits per heavy atom. The van der Waals surface area contributed by atoms with Crippen LogP contribution in [0.4, 0.5) is 36.1 Å². The highest BCUT2D eigenvalue weighted by atomic mass is 19.4. The summed E-state index contributed by atoms with van der Waals surface area (Å²) in [5.74, 6) is -0.467. The zero-order chi connectivity index (χ0) is 26.6. The van der Waals surface area contributed by atoms with Crippen molar-refractivity contribution in [1.82, 2.24) is 20.5 Å². The lowest BCUT2D eigenvalue weighted by molar-refractivity contribution is -0.137. The minimum absolute atomic E-state index is 0.159. The van der Waals surface area contributed by atoms with Gasteiger partial charge in [-0.3, -0.25) is 14.5 Å². The zero-order valence-corrected chi connectivity index (χ0v) is 20.4. The number of carbonyl (C=O) groups excluding carboxylic acids is 2. The first-order valence-corrected chi connectivity index (χ1v) is 11.7. The van der Waals surface area contributed by atoms with E-state index in [0.29, 0.717) is 17.8 Å². The lowest BCUT2D eigenvalue weighted by Gasteiger charge is -2.18. The van der Waals surface area contributed by atoms with Crippen molar-refractivity contribution in [3.63, 3.8) is 0 Å². The van der Waals surface area contributed by atoms with E-state index in [1.54, 1.807) is 37.3 Å². The van der Waals surface area contributed by atoms with Crippen molar-refractivity contribution in [2.75, 3.05) is 43.9 Å². The summed E-state index contributed by atoms with van der Waals surface area (Å²) in [6.45, 7) is 5.29. The predicted octanol–water partition coefficient (Wildman–Crippen LogP) is 4.30. The summed E-state index contributed by atoms with van der Waals surface area (Å²) in [6.07, 6.45) is -3.93. The molecule has 37 heavy (non-hydrogen) atoms. The lowest BCUT2D eigenvalue weighted by Crippen LogP contribution is -2.28. The number of para-hydroxylation sites is 1. The van der Waals surface area contributed by atoms with E-state index in [2.05, 4.69) is 31.2 Å². The van der Waals surface area contributed by atoms with E-state index in [1.807, 2.05) is 0 Å². The van der Waals surface area contributed by atoms with Gasteiger partial charge in [-0.2, -0.15) is 13.2 Å². The fourth-order valence-electron chi connectivity index (χ4n) is 3.73. The summed E-state index contributed by atoms with van der Waals surface area (Å²) < 4.78 is 41.2. The van der Waals surface area contributed by atoms with Crippen molar-refractivity contribution in [1.29, 1.82) is 0 Å². The van der Waals surface area contributed by atoms with Crippen molar-refractivity contribution >= 4 is 34.7 Å². The Hall–Kier alpha value is -4.12. The molecule has 1 aromatic heterocycles. The molecule has 0 saturated carbocycles. The highest BCUT2D eigenvalue weighted by molar-refractivity contribution is 6.00. The molecule has 2 aromatic carbocycles. The number of hydrogen-bond donors (Lipinski definition) is 4. The maximum Gasteiger partial charge on any atom is 0.419 e. The fraction of sp³-hybridized carbons (Fsp3) is 0.269. The van der Waals surface area contributed by atoms with Gasteiger partial charge < -0.3 is 21.3 Å². The van der Waals surface area contributed by atoms with Crippen LogP contribution < -0.4 is 21.3 Å². The normalized spacial score (nSPS) is 13.1. The average molecular weight is 513 g/mol. The molecule has 1 saturated heterocycles. The van der Waals surface area contributed by atoms with Crippen LogP contribution in [0.3, 0.4) is 0 Å². The van der Waals surface area contributed by atoms with Crippen LogP contribution in [-0.2, 0) is 6.18 Å². The fourth-order valence-corrected chi connectivity index (χ4v) is 3.73. The molecule has 194 valence electrons. The summed E-state index contributed by atoms with van der Waals surface area (Å²) >= 11 is 0. The molecule has 3 aromatic rings. The summed E-state index contributed by atoms with van der Waals surface area (Å²) in [5.41, 5.74) is 0.974. The largest absolute Gasteiger partial charge is 0.419 e. The van der Waals surface area contributed by atoms with E-state index < -0.39 is 17.6 Å². The maximum atomic E-state index is 13.7. The van der Waals surface area contributed by atoms with E-state index in [1.165, 1.54) is 25.2 Å². The highest BCUT2D eigenvalue weighted by Gasteiger charge is 2.34. The molecule has 0 atom stereocenters. The number of pyridine rings is 1. The third-order valence-corrected chi connectivity index (χ3v) is 5.88. The molecule has 0 spiro atoms. The monoisotopic (exact) mass is 512 g/mol. The van der Waals surface area contributed by atoms with Crippen molar-refractivity contribution < 1.29 is 22.8 Å². The number of nitrogens with one attached hydrogen (secondary N) is 4. The molecule has 0 unspecified atom stereocenters. The Morgan fingerprint density at radius 3 is 2.41 bits per heavy atom. The molecule has 1 aliphatic rings. The van der Waals surface area contributed by atoms with Gasteiger partial charge in [-0.25, -0.2) is 4.98 Å². The second-order valence-electron chi connectivity index (χ2n) is 8.61. The van der Waals surface area contributed by atoms with Crippen molar-refractivity contribution in [3.8, 4) is 0 Å². The molecular formula is C26H27F3N6O2. The van der Waals surface area contributed by atoms with Crippen LogP contribution in [0.1, 0.15) is 31.8 Å². The zero-order valence-electron chi connectivity index (χ0n) is 20.4. The summed E-state index contributed by atoms with van der Waals surface area (Å²) in [4.78, 5) is 30.7. The summed E-state index contributed by atoms with van der Waals surface area (Å²) in [7, 11) is 1.44. The molecule has 1 fully saturated rings. The van der Waals surface area contributed by atoms with E-state index in [9.17, 15) is 22.8 Å². The molecule has 4 rings (SSSR count). The molecule has 2 amide bonds.